The molecule has 3 aromatic rings. The molecule has 0 aliphatic carbocycles. The van der Waals surface area contributed by atoms with Gasteiger partial charge < -0.3 is 10.2 Å². The molecule has 1 N–H and O–H groups in total. The average Bonchev–Trinajstić information content (AvgIpc) is 2.77. The van der Waals surface area contributed by atoms with Crippen LogP contribution in [0.4, 0.5) is 23.7 Å². The highest BCUT2D eigenvalue weighted by Crippen LogP contribution is 2.32. The van der Waals surface area contributed by atoms with Gasteiger partial charge in [0.15, 0.2) is 0 Å². The molecular weight excluding hydrogens is 467 g/mol. The fourth-order valence-corrected chi connectivity index (χ4v) is 4.11. The summed E-state index contributed by atoms with van der Waals surface area (Å²) in [6, 6.07) is 11.0. The smallest absolute Gasteiger partial charge is 0.324 e. The number of nitrogens with one attached hydrogen (secondary N) is 1. The van der Waals surface area contributed by atoms with Gasteiger partial charge in [0.25, 0.3) is 5.91 Å². The first kappa shape index (κ1) is 23.6. The van der Waals surface area contributed by atoms with Crippen LogP contribution in [0.1, 0.15) is 32.6 Å². The summed E-state index contributed by atoms with van der Waals surface area (Å²) in [5.41, 5.74) is 1.71. The summed E-state index contributed by atoms with van der Waals surface area (Å²) in [7, 11) is 1.62. The van der Waals surface area contributed by atoms with Crippen molar-refractivity contribution in [3.05, 3.63) is 98.8 Å². The Balaban J connectivity index is 1.62. The van der Waals surface area contributed by atoms with Crippen LogP contribution in [-0.4, -0.2) is 23.9 Å². The number of halogens is 4. The van der Waals surface area contributed by atoms with Crippen LogP contribution in [0.3, 0.4) is 0 Å². The van der Waals surface area contributed by atoms with Gasteiger partial charge in [-0.15, -0.1) is 0 Å². The van der Waals surface area contributed by atoms with Crippen molar-refractivity contribution in [1.29, 1.82) is 0 Å². The molecule has 3 aromatic carbocycles. The monoisotopic (exact) mass is 487 g/mol. The van der Waals surface area contributed by atoms with E-state index in [1.807, 2.05) is 0 Å². The van der Waals surface area contributed by atoms with Crippen molar-refractivity contribution < 1.29 is 22.8 Å². The van der Waals surface area contributed by atoms with Crippen molar-refractivity contribution in [2.45, 2.75) is 26.6 Å². The number of urea groups is 1. The third-order valence-electron chi connectivity index (χ3n) is 5.69. The minimum absolute atomic E-state index is 0.132. The van der Waals surface area contributed by atoms with Crippen LogP contribution in [0.15, 0.2) is 48.5 Å². The number of rotatable bonds is 5. The zero-order chi connectivity index (χ0) is 24.6. The lowest BCUT2D eigenvalue weighted by atomic mass is 10.0. The van der Waals surface area contributed by atoms with E-state index in [9.17, 15) is 22.8 Å². The SMILES string of the molecule is Cc1cc(F)c(CNC(=O)c2ccc3c(c2)N(Cc2c(F)cccc2Cl)C(=O)N(C)C3)c(F)c1. The largest absolute Gasteiger partial charge is 0.348 e. The van der Waals surface area contributed by atoms with Gasteiger partial charge in [-0.2, -0.15) is 0 Å². The molecule has 9 heteroatoms. The van der Waals surface area contributed by atoms with E-state index < -0.39 is 23.4 Å². The van der Waals surface area contributed by atoms with Gasteiger partial charge in [-0.05, 0) is 54.4 Å². The number of fused-ring (bicyclic) bond motifs is 1. The maximum absolute atomic E-state index is 14.4. The van der Waals surface area contributed by atoms with E-state index in [0.29, 0.717) is 17.8 Å². The van der Waals surface area contributed by atoms with Gasteiger partial charge in [0.05, 0.1) is 12.2 Å². The lowest BCUT2D eigenvalue weighted by Gasteiger charge is -2.35. The van der Waals surface area contributed by atoms with Crippen molar-refractivity contribution in [3.8, 4) is 0 Å². The van der Waals surface area contributed by atoms with Crippen LogP contribution in [0.25, 0.3) is 0 Å². The normalized spacial score (nSPS) is 13.2. The van der Waals surface area contributed by atoms with Crippen LogP contribution in [0, 0.1) is 24.4 Å². The predicted octanol–water partition coefficient (Wildman–Crippen LogP) is 5.57. The number of carbonyl (C=O) groups is 2. The molecule has 0 spiro atoms. The third-order valence-corrected chi connectivity index (χ3v) is 6.05. The van der Waals surface area contributed by atoms with Gasteiger partial charge >= 0.3 is 6.03 Å². The number of hydrogen-bond acceptors (Lipinski definition) is 2. The van der Waals surface area contributed by atoms with Gasteiger partial charge in [0, 0.05) is 41.9 Å². The molecule has 0 unspecified atom stereocenters. The summed E-state index contributed by atoms with van der Waals surface area (Å²) in [5, 5.41) is 2.69. The van der Waals surface area contributed by atoms with Crippen LogP contribution < -0.4 is 10.2 Å². The maximum atomic E-state index is 14.4. The highest BCUT2D eigenvalue weighted by atomic mass is 35.5. The molecule has 5 nitrogen and oxygen atoms in total. The second-order valence-electron chi connectivity index (χ2n) is 8.16. The molecule has 1 aliphatic heterocycles. The Morgan fingerprint density at radius 1 is 1.03 bits per heavy atom. The van der Waals surface area contributed by atoms with Crippen molar-refractivity contribution >= 4 is 29.2 Å². The quantitative estimate of drug-likeness (QED) is 0.511. The number of aryl methyl sites for hydroxylation is 1. The number of benzene rings is 3. The van der Waals surface area contributed by atoms with E-state index in [4.69, 9.17) is 11.6 Å². The maximum Gasteiger partial charge on any atom is 0.324 e. The lowest BCUT2D eigenvalue weighted by molar-refractivity contribution is 0.0950. The molecule has 0 saturated heterocycles. The second-order valence-corrected chi connectivity index (χ2v) is 8.57. The van der Waals surface area contributed by atoms with E-state index in [0.717, 1.165) is 5.56 Å². The van der Waals surface area contributed by atoms with E-state index in [1.165, 1.54) is 46.2 Å². The Kier molecular flexibility index (Phi) is 6.52. The van der Waals surface area contributed by atoms with Crippen LogP contribution in [-0.2, 0) is 19.6 Å². The van der Waals surface area contributed by atoms with Crippen molar-refractivity contribution in [2.24, 2.45) is 0 Å². The van der Waals surface area contributed by atoms with Crippen LogP contribution >= 0.6 is 11.6 Å². The number of anilines is 1. The molecule has 4 rings (SSSR count). The lowest BCUT2D eigenvalue weighted by Crippen LogP contribution is -2.45. The summed E-state index contributed by atoms with van der Waals surface area (Å²) in [6.07, 6.45) is 0. The number of carbonyl (C=O) groups excluding carboxylic acids is 2. The van der Waals surface area contributed by atoms with Crippen molar-refractivity contribution in [2.75, 3.05) is 11.9 Å². The molecule has 0 aromatic heterocycles. The summed E-state index contributed by atoms with van der Waals surface area (Å²) in [6.45, 7) is 1.40. The van der Waals surface area contributed by atoms with E-state index in [1.54, 1.807) is 26.1 Å². The zero-order valence-corrected chi connectivity index (χ0v) is 19.2. The van der Waals surface area contributed by atoms with Gasteiger partial charge in [-0.25, -0.2) is 18.0 Å². The zero-order valence-electron chi connectivity index (χ0n) is 18.5. The second kappa shape index (κ2) is 9.38. The topological polar surface area (TPSA) is 52.7 Å². The third kappa shape index (κ3) is 4.59. The first-order valence-corrected chi connectivity index (χ1v) is 10.8. The molecule has 0 fully saturated rings. The van der Waals surface area contributed by atoms with Crippen LogP contribution in [0.2, 0.25) is 5.02 Å². The minimum Gasteiger partial charge on any atom is -0.348 e. The van der Waals surface area contributed by atoms with E-state index in [2.05, 4.69) is 5.32 Å². The molecular formula is C25H21ClF3N3O2. The van der Waals surface area contributed by atoms with Crippen LogP contribution in [0.5, 0.6) is 0 Å². The Labute approximate surface area is 199 Å². The Morgan fingerprint density at radius 3 is 2.41 bits per heavy atom. The highest BCUT2D eigenvalue weighted by Gasteiger charge is 2.30. The van der Waals surface area contributed by atoms with Gasteiger partial charge in [-0.1, -0.05) is 23.7 Å². The molecule has 0 radical (unpaired) electrons. The highest BCUT2D eigenvalue weighted by molar-refractivity contribution is 6.31. The Bertz CT molecular complexity index is 1260. The first-order valence-electron chi connectivity index (χ1n) is 10.5. The standard InChI is InChI=1S/C25H21ClF3N3O2/c1-14-8-21(28)17(22(29)9-14)11-30-24(33)15-6-7-16-12-31(2)25(34)32(23(16)10-15)13-18-19(26)4-3-5-20(18)27/h3-10H,11-13H2,1-2H3,(H,30,33). The van der Waals surface area contributed by atoms with Crippen molar-refractivity contribution in [3.63, 3.8) is 0 Å². The first-order chi connectivity index (χ1) is 16.2. The molecule has 1 aliphatic rings. The molecule has 3 amide bonds. The predicted molar refractivity (Wildman–Crippen MR) is 123 cm³/mol. The number of amides is 3. The minimum atomic E-state index is -0.746. The van der Waals surface area contributed by atoms with E-state index in [-0.39, 0.29) is 40.8 Å². The number of nitrogens with zero attached hydrogens (tertiary/aromatic N) is 2. The summed E-state index contributed by atoms with van der Waals surface area (Å²) in [5.74, 6) is -2.61. The number of hydrogen-bond donors (Lipinski definition) is 1. The molecule has 1 heterocycles. The summed E-state index contributed by atoms with van der Waals surface area (Å²) >= 11 is 6.16. The fourth-order valence-electron chi connectivity index (χ4n) is 3.89. The molecule has 0 bridgehead atoms. The summed E-state index contributed by atoms with van der Waals surface area (Å²) < 4.78 is 42.6. The molecule has 0 atom stereocenters. The van der Waals surface area contributed by atoms with E-state index >= 15 is 0 Å². The average molecular weight is 488 g/mol. The van der Waals surface area contributed by atoms with Gasteiger partial charge in [0.1, 0.15) is 17.5 Å². The molecule has 34 heavy (non-hydrogen) atoms. The summed E-state index contributed by atoms with van der Waals surface area (Å²) in [4.78, 5) is 28.5. The van der Waals surface area contributed by atoms with Gasteiger partial charge in [-0.3, -0.25) is 9.69 Å². The Morgan fingerprint density at radius 2 is 1.74 bits per heavy atom. The Hall–Kier alpha value is -3.52. The van der Waals surface area contributed by atoms with Crippen molar-refractivity contribution in [1.82, 2.24) is 10.2 Å². The fraction of sp³-hybridized carbons (Fsp3) is 0.200. The molecule has 176 valence electrons. The van der Waals surface area contributed by atoms with Gasteiger partial charge in [0.2, 0.25) is 0 Å². The molecule has 0 saturated carbocycles.